The van der Waals surface area contributed by atoms with Crippen molar-refractivity contribution in [3.63, 3.8) is 0 Å². The van der Waals surface area contributed by atoms with Crippen molar-refractivity contribution in [3.8, 4) is 0 Å². The van der Waals surface area contributed by atoms with Gasteiger partial charge in [0.05, 0.1) is 19.5 Å². The summed E-state index contributed by atoms with van der Waals surface area (Å²) in [6.45, 7) is 2.80. The SMILES string of the molecule is O=C(c1ccco1)N1CCC(Cc2ccc(COCc3ccncc3)cc2)CC1. The summed E-state index contributed by atoms with van der Waals surface area (Å²) in [6, 6.07) is 16.1. The Bertz CT molecular complexity index is 884. The predicted octanol–water partition coefficient (Wildman–Crippen LogP) is 4.49. The molecule has 0 bridgehead atoms. The second kappa shape index (κ2) is 9.52. The van der Waals surface area contributed by atoms with E-state index in [1.54, 1.807) is 30.8 Å². The Morgan fingerprint density at radius 1 is 0.966 bits per heavy atom. The Morgan fingerprint density at radius 3 is 2.28 bits per heavy atom. The van der Waals surface area contributed by atoms with E-state index in [-0.39, 0.29) is 5.91 Å². The van der Waals surface area contributed by atoms with Crippen LogP contribution in [0.1, 0.15) is 40.1 Å². The smallest absolute Gasteiger partial charge is 0.289 e. The Hall–Kier alpha value is -2.92. The van der Waals surface area contributed by atoms with E-state index in [4.69, 9.17) is 9.15 Å². The highest BCUT2D eigenvalue weighted by atomic mass is 16.5. The van der Waals surface area contributed by atoms with Crippen LogP contribution in [0.25, 0.3) is 0 Å². The predicted molar refractivity (Wildman–Crippen MR) is 110 cm³/mol. The van der Waals surface area contributed by atoms with Gasteiger partial charge >= 0.3 is 0 Å². The molecule has 0 atom stereocenters. The van der Waals surface area contributed by atoms with Crippen molar-refractivity contribution in [1.82, 2.24) is 9.88 Å². The van der Waals surface area contributed by atoms with E-state index < -0.39 is 0 Å². The van der Waals surface area contributed by atoms with Gasteiger partial charge in [0.25, 0.3) is 5.91 Å². The molecule has 2 aromatic heterocycles. The summed E-state index contributed by atoms with van der Waals surface area (Å²) in [4.78, 5) is 18.3. The minimum absolute atomic E-state index is 0.00423. The van der Waals surface area contributed by atoms with Crippen molar-refractivity contribution in [2.24, 2.45) is 5.92 Å². The van der Waals surface area contributed by atoms with Crippen LogP contribution in [-0.4, -0.2) is 28.9 Å². The van der Waals surface area contributed by atoms with Crippen LogP contribution in [0.3, 0.4) is 0 Å². The Balaban J connectivity index is 1.21. The molecule has 0 spiro atoms. The molecule has 0 radical (unpaired) electrons. The lowest BCUT2D eigenvalue weighted by molar-refractivity contribution is 0.0658. The van der Waals surface area contributed by atoms with Crippen molar-refractivity contribution in [2.45, 2.75) is 32.5 Å². The molecule has 1 aliphatic heterocycles. The number of carbonyl (C=O) groups is 1. The second-order valence-corrected chi connectivity index (χ2v) is 7.58. The molecular formula is C24H26N2O3. The largest absolute Gasteiger partial charge is 0.459 e. The van der Waals surface area contributed by atoms with Gasteiger partial charge in [-0.2, -0.15) is 0 Å². The zero-order chi connectivity index (χ0) is 19.9. The average molecular weight is 390 g/mol. The van der Waals surface area contributed by atoms with E-state index in [0.29, 0.717) is 24.9 Å². The van der Waals surface area contributed by atoms with Crippen LogP contribution in [-0.2, 0) is 24.4 Å². The number of hydrogen-bond acceptors (Lipinski definition) is 4. The third-order valence-electron chi connectivity index (χ3n) is 5.47. The molecule has 29 heavy (non-hydrogen) atoms. The molecule has 5 nitrogen and oxygen atoms in total. The van der Waals surface area contributed by atoms with E-state index in [1.165, 1.54) is 11.1 Å². The number of likely N-dealkylation sites (tertiary alicyclic amines) is 1. The number of amides is 1. The van der Waals surface area contributed by atoms with Gasteiger partial charge in [0, 0.05) is 25.5 Å². The van der Waals surface area contributed by atoms with Crippen LogP contribution < -0.4 is 0 Å². The zero-order valence-corrected chi connectivity index (χ0v) is 16.5. The van der Waals surface area contributed by atoms with E-state index in [1.807, 2.05) is 17.0 Å². The van der Waals surface area contributed by atoms with Crippen molar-refractivity contribution in [2.75, 3.05) is 13.1 Å². The number of furan rings is 1. The quantitative estimate of drug-likeness (QED) is 0.597. The lowest BCUT2D eigenvalue weighted by Crippen LogP contribution is -2.38. The van der Waals surface area contributed by atoms with Crippen LogP contribution >= 0.6 is 0 Å². The number of nitrogens with zero attached hydrogens (tertiary/aromatic N) is 2. The fourth-order valence-corrected chi connectivity index (χ4v) is 3.77. The summed E-state index contributed by atoms with van der Waals surface area (Å²) in [5.74, 6) is 1.05. The zero-order valence-electron chi connectivity index (χ0n) is 16.5. The van der Waals surface area contributed by atoms with Crippen LogP contribution in [0.4, 0.5) is 0 Å². The van der Waals surface area contributed by atoms with E-state index >= 15 is 0 Å². The molecule has 1 fully saturated rings. The van der Waals surface area contributed by atoms with Gasteiger partial charge in [0.2, 0.25) is 0 Å². The second-order valence-electron chi connectivity index (χ2n) is 7.58. The van der Waals surface area contributed by atoms with Gasteiger partial charge in [0.15, 0.2) is 5.76 Å². The maximum Gasteiger partial charge on any atom is 0.289 e. The fraction of sp³-hybridized carbons (Fsp3) is 0.333. The topological polar surface area (TPSA) is 55.6 Å². The maximum absolute atomic E-state index is 12.4. The summed E-state index contributed by atoms with van der Waals surface area (Å²) >= 11 is 0. The van der Waals surface area contributed by atoms with Gasteiger partial charge in [-0.3, -0.25) is 9.78 Å². The first-order valence-electron chi connectivity index (χ1n) is 10.1. The maximum atomic E-state index is 12.4. The Morgan fingerprint density at radius 2 is 1.62 bits per heavy atom. The fourth-order valence-electron chi connectivity index (χ4n) is 3.77. The van der Waals surface area contributed by atoms with Gasteiger partial charge in [-0.05, 0) is 66.1 Å². The molecule has 4 rings (SSSR count). The highest BCUT2D eigenvalue weighted by Crippen LogP contribution is 2.23. The standard InChI is InChI=1S/C24H26N2O3/c27-24(23-2-1-15-29-23)26-13-9-20(10-14-26)16-19-3-5-21(6-4-19)17-28-18-22-7-11-25-12-8-22/h1-8,11-12,15,20H,9-10,13-14,16-18H2. The monoisotopic (exact) mass is 390 g/mol. The molecule has 3 heterocycles. The molecule has 150 valence electrons. The lowest BCUT2D eigenvalue weighted by Gasteiger charge is -2.31. The average Bonchev–Trinajstić information content (AvgIpc) is 3.31. The summed E-state index contributed by atoms with van der Waals surface area (Å²) in [7, 11) is 0. The van der Waals surface area contributed by atoms with Crippen molar-refractivity contribution in [1.29, 1.82) is 0 Å². The normalized spacial score (nSPS) is 14.8. The molecule has 1 aliphatic rings. The molecule has 1 saturated heterocycles. The Labute approximate surface area is 171 Å². The molecule has 0 unspecified atom stereocenters. The number of rotatable bonds is 7. The first kappa shape index (κ1) is 19.4. The number of carbonyl (C=O) groups excluding carboxylic acids is 1. The number of pyridine rings is 1. The lowest BCUT2D eigenvalue weighted by atomic mass is 9.90. The summed E-state index contributed by atoms with van der Waals surface area (Å²) in [5.41, 5.74) is 3.66. The highest BCUT2D eigenvalue weighted by molar-refractivity contribution is 5.91. The summed E-state index contributed by atoms with van der Waals surface area (Å²) < 4.78 is 11.0. The number of ether oxygens (including phenoxy) is 1. The third-order valence-corrected chi connectivity index (χ3v) is 5.47. The molecule has 0 N–H and O–H groups in total. The van der Waals surface area contributed by atoms with E-state index in [9.17, 15) is 4.79 Å². The number of aromatic nitrogens is 1. The van der Waals surface area contributed by atoms with Gasteiger partial charge in [-0.15, -0.1) is 0 Å². The molecule has 1 amide bonds. The van der Waals surface area contributed by atoms with Crippen LogP contribution in [0, 0.1) is 5.92 Å². The van der Waals surface area contributed by atoms with Gasteiger partial charge in [0.1, 0.15) is 0 Å². The van der Waals surface area contributed by atoms with Crippen molar-refractivity contribution >= 4 is 5.91 Å². The Kier molecular flexibility index (Phi) is 6.37. The van der Waals surface area contributed by atoms with Crippen LogP contribution in [0.2, 0.25) is 0 Å². The van der Waals surface area contributed by atoms with Gasteiger partial charge in [-0.25, -0.2) is 0 Å². The van der Waals surface area contributed by atoms with Crippen LogP contribution in [0.5, 0.6) is 0 Å². The first-order chi connectivity index (χ1) is 14.3. The van der Waals surface area contributed by atoms with Crippen LogP contribution in [0.15, 0.2) is 71.6 Å². The highest BCUT2D eigenvalue weighted by Gasteiger charge is 2.25. The number of piperidine rings is 1. The number of hydrogen-bond donors (Lipinski definition) is 0. The summed E-state index contributed by atoms with van der Waals surface area (Å²) in [5, 5.41) is 0. The number of benzene rings is 1. The molecular weight excluding hydrogens is 364 g/mol. The van der Waals surface area contributed by atoms with Gasteiger partial charge < -0.3 is 14.1 Å². The summed E-state index contributed by atoms with van der Waals surface area (Å²) in [6.07, 6.45) is 8.23. The van der Waals surface area contributed by atoms with Crippen molar-refractivity contribution in [3.05, 3.63) is 89.6 Å². The van der Waals surface area contributed by atoms with Gasteiger partial charge in [-0.1, -0.05) is 24.3 Å². The van der Waals surface area contributed by atoms with Crippen molar-refractivity contribution < 1.29 is 13.9 Å². The molecule has 1 aromatic carbocycles. The molecule has 0 saturated carbocycles. The minimum atomic E-state index is 0.00423. The third kappa shape index (κ3) is 5.33. The molecule has 5 heteroatoms. The molecule has 0 aliphatic carbocycles. The first-order valence-corrected chi connectivity index (χ1v) is 10.1. The molecule has 3 aromatic rings. The van der Waals surface area contributed by atoms with E-state index in [0.717, 1.165) is 37.9 Å². The minimum Gasteiger partial charge on any atom is -0.459 e. The van der Waals surface area contributed by atoms with E-state index in [2.05, 4.69) is 29.2 Å².